The molecular weight excluding hydrogens is 370 g/mol. The lowest BCUT2D eigenvalue weighted by molar-refractivity contribution is 0.135. The molecule has 0 radical (unpaired) electrons. The van der Waals surface area contributed by atoms with Crippen molar-refractivity contribution < 1.29 is 9.84 Å². The summed E-state index contributed by atoms with van der Waals surface area (Å²) >= 11 is 0. The average Bonchev–Trinajstić information content (AvgIpc) is 2.81. The normalized spacial score (nSPS) is 12.1. The van der Waals surface area contributed by atoms with E-state index in [1.165, 1.54) is 16.7 Å². The lowest BCUT2D eigenvalue weighted by atomic mass is 10.1. The molecule has 30 heavy (non-hydrogen) atoms. The van der Waals surface area contributed by atoms with Crippen molar-refractivity contribution >= 4 is 0 Å². The zero-order chi connectivity index (χ0) is 21.0. The lowest BCUT2D eigenvalue weighted by Crippen LogP contribution is -2.29. The first-order valence-corrected chi connectivity index (χ1v) is 10.9. The summed E-state index contributed by atoms with van der Waals surface area (Å²) < 4.78 is 6.00. The van der Waals surface area contributed by atoms with Crippen LogP contribution in [0.1, 0.15) is 36.5 Å². The molecule has 3 aromatic carbocycles. The van der Waals surface area contributed by atoms with Crippen LogP contribution in [0.5, 0.6) is 5.75 Å². The number of hydrogen-bond acceptors (Lipinski definition) is 3. The van der Waals surface area contributed by atoms with Crippen molar-refractivity contribution in [2.24, 2.45) is 0 Å². The van der Waals surface area contributed by atoms with Crippen molar-refractivity contribution in [1.29, 1.82) is 0 Å². The largest absolute Gasteiger partial charge is 0.489 e. The first kappa shape index (κ1) is 22.1. The Hall–Kier alpha value is -2.62. The van der Waals surface area contributed by atoms with Crippen LogP contribution in [0.15, 0.2) is 84.9 Å². The van der Waals surface area contributed by atoms with Crippen LogP contribution in [-0.2, 0) is 19.6 Å². The molecule has 3 nitrogen and oxygen atoms in total. The molecule has 3 rings (SSSR count). The van der Waals surface area contributed by atoms with Gasteiger partial charge in [-0.1, -0.05) is 79.7 Å². The molecule has 0 saturated carbocycles. The molecular formula is C27H33NO2. The van der Waals surface area contributed by atoms with Crippen molar-refractivity contribution in [3.8, 4) is 5.75 Å². The van der Waals surface area contributed by atoms with Gasteiger partial charge in [-0.25, -0.2) is 0 Å². The predicted molar refractivity (Wildman–Crippen MR) is 124 cm³/mol. The number of hydrogen-bond donors (Lipinski definition) is 1. The minimum atomic E-state index is -0.232. The zero-order valence-corrected chi connectivity index (χ0v) is 17.9. The van der Waals surface area contributed by atoms with Crippen LogP contribution in [-0.4, -0.2) is 29.2 Å². The highest BCUT2D eigenvalue weighted by atomic mass is 16.5. The van der Waals surface area contributed by atoms with Crippen LogP contribution >= 0.6 is 0 Å². The zero-order valence-electron chi connectivity index (χ0n) is 17.9. The summed E-state index contributed by atoms with van der Waals surface area (Å²) in [5.74, 6) is 0.896. The number of aliphatic hydroxyl groups excluding tert-OH is 1. The first-order chi connectivity index (χ1) is 14.7. The lowest BCUT2D eigenvalue weighted by Gasteiger charge is -2.24. The van der Waals surface area contributed by atoms with E-state index < -0.39 is 0 Å². The Bertz CT molecular complexity index is 851. The minimum absolute atomic E-state index is 0.232. The van der Waals surface area contributed by atoms with E-state index in [1.54, 1.807) is 0 Å². The van der Waals surface area contributed by atoms with Crippen molar-refractivity contribution in [2.45, 2.75) is 45.4 Å². The van der Waals surface area contributed by atoms with Gasteiger partial charge in [0.2, 0.25) is 0 Å². The van der Waals surface area contributed by atoms with Gasteiger partial charge in [0.15, 0.2) is 0 Å². The molecule has 0 aliphatic carbocycles. The molecule has 3 heteroatoms. The highest BCUT2D eigenvalue weighted by Crippen LogP contribution is 2.17. The van der Waals surface area contributed by atoms with Gasteiger partial charge in [-0.2, -0.15) is 0 Å². The Labute approximate surface area is 180 Å². The molecule has 1 unspecified atom stereocenters. The summed E-state index contributed by atoms with van der Waals surface area (Å²) in [6.07, 6.45) is 2.38. The van der Waals surface area contributed by atoms with Crippen molar-refractivity contribution in [3.63, 3.8) is 0 Å². The molecule has 0 bridgehead atoms. The number of ether oxygens (including phenoxy) is 1. The molecule has 0 aliphatic rings. The van der Waals surface area contributed by atoms with Gasteiger partial charge in [0, 0.05) is 19.6 Å². The Morgan fingerprint density at radius 2 is 1.47 bits per heavy atom. The Balaban J connectivity index is 1.60. The third kappa shape index (κ3) is 7.66. The molecule has 0 amide bonds. The molecule has 0 saturated heterocycles. The van der Waals surface area contributed by atoms with Gasteiger partial charge >= 0.3 is 0 Å². The third-order valence-corrected chi connectivity index (χ3v) is 5.36. The van der Waals surface area contributed by atoms with Crippen LogP contribution in [0.3, 0.4) is 0 Å². The summed E-state index contributed by atoms with van der Waals surface area (Å²) in [5.41, 5.74) is 3.75. The van der Waals surface area contributed by atoms with Crippen LogP contribution in [0.2, 0.25) is 0 Å². The summed E-state index contributed by atoms with van der Waals surface area (Å²) in [6, 6.07) is 29.2. The van der Waals surface area contributed by atoms with Gasteiger partial charge in [0.05, 0.1) is 6.10 Å². The fourth-order valence-electron chi connectivity index (χ4n) is 3.47. The van der Waals surface area contributed by atoms with Crippen LogP contribution < -0.4 is 4.74 Å². The monoisotopic (exact) mass is 403 g/mol. The van der Waals surface area contributed by atoms with Gasteiger partial charge in [0.1, 0.15) is 12.4 Å². The number of aliphatic hydroxyl groups is 1. The van der Waals surface area contributed by atoms with Crippen LogP contribution in [0, 0.1) is 0 Å². The second-order valence-electron chi connectivity index (χ2n) is 7.78. The SMILES string of the molecule is CCC(O)CCN(CCc1ccccc1)Cc1cccc(OCc2ccccc2)c1. The molecule has 0 aromatic heterocycles. The molecule has 0 fully saturated rings. The highest BCUT2D eigenvalue weighted by Gasteiger charge is 2.10. The molecule has 0 heterocycles. The molecule has 3 aromatic rings. The fraction of sp³-hybridized carbons (Fsp3) is 0.333. The van der Waals surface area contributed by atoms with E-state index in [1.807, 2.05) is 31.2 Å². The van der Waals surface area contributed by atoms with E-state index >= 15 is 0 Å². The van der Waals surface area contributed by atoms with Crippen molar-refractivity contribution in [3.05, 3.63) is 102 Å². The second kappa shape index (κ2) is 12.2. The quantitative estimate of drug-likeness (QED) is 0.435. The smallest absolute Gasteiger partial charge is 0.120 e. The Morgan fingerprint density at radius 1 is 0.800 bits per heavy atom. The molecule has 0 aliphatic heterocycles. The number of rotatable bonds is 12. The molecule has 1 N–H and O–H groups in total. The maximum absolute atomic E-state index is 10.0. The highest BCUT2D eigenvalue weighted by molar-refractivity contribution is 5.29. The topological polar surface area (TPSA) is 32.7 Å². The van der Waals surface area contributed by atoms with Gasteiger partial charge in [-0.3, -0.25) is 4.90 Å². The Kier molecular flexibility index (Phi) is 8.95. The van der Waals surface area contributed by atoms with Gasteiger partial charge in [-0.05, 0) is 48.1 Å². The first-order valence-electron chi connectivity index (χ1n) is 10.9. The summed E-state index contributed by atoms with van der Waals surface area (Å²) in [5, 5.41) is 10.0. The van der Waals surface area contributed by atoms with Crippen LogP contribution in [0.4, 0.5) is 0 Å². The van der Waals surface area contributed by atoms with Crippen LogP contribution in [0.25, 0.3) is 0 Å². The summed E-state index contributed by atoms with van der Waals surface area (Å²) in [7, 11) is 0. The summed E-state index contributed by atoms with van der Waals surface area (Å²) in [4.78, 5) is 2.43. The van der Waals surface area contributed by atoms with Crippen molar-refractivity contribution in [2.75, 3.05) is 13.1 Å². The minimum Gasteiger partial charge on any atom is -0.489 e. The van der Waals surface area contributed by atoms with Gasteiger partial charge in [-0.15, -0.1) is 0 Å². The van der Waals surface area contributed by atoms with E-state index in [0.717, 1.165) is 44.6 Å². The average molecular weight is 404 g/mol. The summed E-state index contributed by atoms with van der Waals surface area (Å²) in [6.45, 7) is 5.32. The van der Waals surface area contributed by atoms with E-state index in [9.17, 15) is 5.11 Å². The maximum Gasteiger partial charge on any atom is 0.120 e. The molecule has 158 valence electrons. The predicted octanol–water partition coefficient (Wildman–Crippen LogP) is 5.47. The van der Waals surface area contributed by atoms with E-state index in [4.69, 9.17) is 4.74 Å². The van der Waals surface area contributed by atoms with E-state index in [2.05, 4.69) is 65.6 Å². The maximum atomic E-state index is 10.0. The van der Waals surface area contributed by atoms with Gasteiger partial charge < -0.3 is 9.84 Å². The van der Waals surface area contributed by atoms with Gasteiger partial charge in [0.25, 0.3) is 0 Å². The fourth-order valence-corrected chi connectivity index (χ4v) is 3.47. The third-order valence-electron chi connectivity index (χ3n) is 5.36. The molecule has 0 spiro atoms. The number of nitrogens with zero attached hydrogens (tertiary/aromatic N) is 1. The standard InChI is InChI=1S/C27H33NO2/c1-2-26(29)17-19-28(18-16-23-10-5-3-6-11-23)21-25-14-9-15-27(20-25)30-22-24-12-7-4-8-13-24/h3-15,20,26,29H,2,16-19,21-22H2,1H3. The van der Waals surface area contributed by atoms with E-state index in [-0.39, 0.29) is 6.10 Å². The molecule has 1 atom stereocenters. The Morgan fingerprint density at radius 3 is 2.17 bits per heavy atom. The number of benzene rings is 3. The second-order valence-corrected chi connectivity index (χ2v) is 7.78. The van der Waals surface area contributed by atoms with E-state index in [0.29, 0.717) is 6.61 Å². The van der Waals surface area contributed by atoms with Crippen molar-refractivity contribution in [1.82, 2.24) is 4.90 Å².